The molecule has 0 aliphatic rings. The van der Waals surface area contributed by atoms with Crippen molar-refractivity contribution in [2.24, 2.45) is 5.41 Å². The van der Waals surface area contributed by atoms with Gasteiger partial charge in [-0.3, -0.25) is 4.79 Å². The maximum atomic E-state index is 12.1. The number of nitrogens with one attached hydrogen (secondary N) is 1. The van der Waals surface area contributed by atoms with Gasteiger partial charge in [0.05, 0.1) is 6.61 Å². The lowest BCUT2D eigenvalue weighted by Crippen LogP contribution is -2.39. The Bertz CT molecular complexity index is 419. The van der Waals surface area contributed by atoms with Crippen LogP contribution in [0.4, 0.5) is 0 Å². The second-order valence-electron chi connectivity index (χ2n) is 4.71. The fourth-order valence-electron chi connectivity index (χ4n) is 1.83. The largest absolute Gasteiger partial charge is 0.396 e. The average molecular weight is 349 g/mol. The SMILES string of the molecule is CCC(CC)(CO)CNC(=O)c1cc(Cl)cc(Br)c1. The smallest absolute Gasteiger partial charge is 0.251 e. The number of aliphatic hydroxyl groups is 1. The molecule has 0 aliphatic carbocycles. The van der Waals surface area contributed by atoms with Gasteiger partial charge >= 0.3 is 0 Å². The Morgan fingerprint density at radius 1 is 1.37 bits per heavy atom. The molecule has 1 aromatic carbocycles. The first kappa shape index (κ1) is 16.5. The second kappa shape index (κ2) is 7.27. The van der Waals surface area contributed by atoms with Gasteiger partial charge in [0, 0.05) is 27.0 Å². The second-order valence-corrected chi connectivity index (χ2v) is 6.06. The van der Waals surface area contributed by atoms with Crippen molar-refractivity contribution in [2.45, 2.75) is 26.7 Å². The van der Waals surface area contributed by atoms with E-state index in [1.807, 2.05) is 13.8 Å². The molecule has 106 valence electrons. The minimum Gasteiger partial charge on any atom is -0.396 e. The third-order valence-corrected chi connectivity index (χ3v) is 4.26. The number of halogens is 2. The van der Waals surface area contributed by atoms with Crippen molar-refractivity contribution in [3.63, 3.8) is 0 Å². The Kier molecular flexibility index (Phi) is 6.30. The van der Waals surface area contributed by atoms with E-state index in [1.54, 1.807) is 18.2 Å². The van der Waals surface area contributed by atoms with Crippen LogP contribution >= 0.6 is 27.5 Å². The summed E-state index contributed by atoms with van der Waals surface area (Å²) in [6.45, 7) is 4.56. The van der Waals surface area contributed by atoms with E-state index in [0.29, 0.717) is 17.1 Å². The molecule has 0 aliphatic heterocycles. The van der Waals surface area contributed by atoms with Gasteiger partial charge in [-0.1, -0.05) is 41.4 Å². The minimum atomic E-state index is -0.245. The molecule has 0 bridgehead atoms. The zero-order valence-electron chi connectivity index (χ0n) is 11.2. The topological polar surface area (TPSA) is 49.3 Å². The van der Waals surface area contributed by atoms with Gasteiger partial charge in [0.15, 0.2) is 0 Å². The van der Waals surface area contributed by atoms with Crippen LogP contribution in [0.3, 0.4) is 0 Å². The zero-order valence-corrected chi connectivity index (χ0v) is 13.5. The third-order valence-electron chi connectivity index (χ3n) is 3.58. The number of amides is 1. The first-order chi connectivity index (χ1) is 8.96. The predicted octanol–water partition coefficient (Wildman–Crippen LogP) is 3.63. The Morgan fingerprint density at radius 2 is 2.00 bits per heavy atom. The highest BCUT2D eigenvalue weighted by atomic mass is 79.9. The Hall–Kier alpha value is -0.580. The summed E-state index contributed by atoms with van der Waals surface area (Å²) in [6, 6.07) is 5.08. The maximum Gasteiger partial charge on any atom is 0.251 e. The first-order valence-corrected chi connectivity index (χ1v) is 7.48. The summed E-state index contributed by atoms with van der Waals surface area (Å²) in [7, 11) is 0. The van der Waals surface area contributed by atoms with E-state index >= 15 is 0 Å². The molecule has 0 fully saturated rings. The molecule has 0 aromatic heterocycles. The third kappa shape index (κ3) is 4.48. The van der Waals surface area contributed by atoms with Crippen LogP contribution in [0.15, 0.2) is 22.7 Å². The Balaban J connectivity index is 2.74. The van der Waals surface area contributed by atoms with Gasteiger partial charge in [0.25, 0.3) is 5.91 Å². The van der Waals surface area contributed by atoms with Crippen LogP contribution in [0, 0.1) is 5.41 Å². The monoisotopic (exact) mass is 347 g/mol. The molecule has 5 heteroatoms. The molecule has 0 unspecified atom stereocenters. The molecular formula is C14H19BrClNO2. The van der Waals surface area contributed by atoms with Gasteiger partial charge in [-0.25, -0.2) is 0 Å². The van der Waals surface area contributed by atoms with E-state index in [2.05, 4.69) is 21.2 Å². The molecule has 0 atom stereocenters. The van der Waals surface area contributed by atoms with Crippen molar-refractivity contribution < 1.29 is 9.90 Å². The lowest BCUT2D eigenvalue weighted by atomic mass is 9.83. The van der Waals surface area contributed by atoms with Crippen molar-refractivity contribution in [1.82, 2.24) is 5.32 Å². The van der Waals surface area contributed by atoms with E-state index in [0.717, 1.165) is 17.3 Å². The summed E-state index contributed by atoms with van der Waals surface area (Å²) in [5.74, 6) is -0.178. The number of rotatable bonds is 6. The van der Waals surface area contributed by atoms with Crippen molar-refractivity contribution in [3.05, 3.63) is 33.3 Å². The minimum absolute atomic E-state index is 0.0690. The molecule has 0 heterocycles. The molecule has 2 N–H and O–H groups in total. The van der Waals surface area contributed by atoms with Gasteiger partial charge < -0.3 is 10.4 Å². The van der Waals surface area contributed by atoms with E-state index in [9.17, 15) is 9.90 Å². The lowest BCUT2D eigenvalue weighted by molar-refractivity contribution is 0.0851. The molecule has 0 saturated heterocycles. The van der Waals surface area contributed by atoms with Gasteiger partial charge in [-0.15, -0.1) is 0 Å². The summed E-state index contributed by atoms with van der Waals surface area (Å²) >= 11 is 9.22. The lowest BCUT2D eigenvalue weighted by Gasteiger charge is -2.29. The summed E-state index contributed by atoms with van der Waals surface area (Å²) in [5.41, 5.74) is 0.268. The van der Waals surface area contributed by atoms with Crippen molar-refractivity contribution in [1.29, 1.82) is 0 Å². The van der Waals surface area contributed by atoms with Gasteiger partial charge in [-0.2, -0.15) is 0 Å². The molecular weight excluding hydrogens is 330 g/mol. The van der Waals surface area contributed by atoms with E-state index in [-0.39, 0.29) is 17.9 Å². The van der Waals surface area contributed by atoms with Gasteiger partial charge in [0.2, 0.25) is 0 Å². The number of aliphatic hydroxyl groups excluding tert-OH is 1. The standard InChI is InChI=1S/C14H19BrClNO2/c1-3-14(4-2,9-18)8-17-13(19)10-5-11(15)7-12(16)6-10/h5-7,18H,3-4,8-9H2,1-2H3,(H,17,19). The zero-order chi connectivity index (χ0) is 14.5. The van der Waals surface area contributed by atoms with E-state index in [1.165, 1.54) is 0 Å². The van der Waals surface area contributed by atoms with E-state index < -0.39 is 0 Å². The van der Waals surface area contributed by atoms with Crippen LogP contribution < -0.4 is 5.32 Å². The average Bonchev–Trinajstić information content (AvgIpc) is 2.39. The Morgan fingerprint density at radius 3 is 2.47 bits per heavy atom. The van der Waals surface area contributed by atoms with Crippen LogP contribution in [0.2, 0.25) is 5.02 Å². The summed E-state index contributed by atoms with van der Waals surface area (Å²) in [5, 5.41) is 12.8. The fraction of sp³-hybridized carbons (Fsp3) is 0.500. The first-order valence-electron chi connectivity index (χ1n) is 6.31. The molecule has 0 saturated carbocycles. The van der Waals surface area contributed by atoms with Crippen LogP contribution in [-0.4, -0.2) is 24.2 Å². The summed E-state index contributed by atoms with van der Waals surface area (Å²) in [4.78, 5) is 12.1. The highest BCUT2D eigenvalue weighted by molar-refractivity contribution is 9.10. The van der Waals surface area contributed by atoms with Gasteiger partial charge in [-0.05, 0) is 31.0 Å². The number of carbonyl (C=O) groups is 1. The van der Waals surface area contributed by atoms with Crippen LogP contribution in [0.25, 0.3) is 0 Å². The molecule has 3 nitrogen and oxygen atoms in total. The van der Waals surface area contributed by atoms with Gasteiger partial charge in [0.1, 0.15) is 0 Å². The summed E-state index contributed by atoms with van der Waals surface area (Å²) < 4.78 is 0.768. The number of hydrogen-bond acceptors (Lipinski definition) is 2. The van der Waals surface area contributed by atoms with Crippen LogP contribution in [-0.2, 0) is 0 Å². The molecule has 1 amide bonds. The number of hydrogen-bond donors (Lipinski definition) is 2. The van der Waals surface area contributed by atoms with Crippen LogP contribution in [0.1, 0.15) is 37.0 Å². The number of benzene rings is 1. The molecule has 19 heavy (non-hydrogen) atoms. The van der Waals surface area contributed by atoms with E-state index in [4.69, 9.17) is 11.6 Å². The summed E-state index contributed by atoms with van der Waals surface area (Å²) in [6.07, 6.45) is 1.64. The fourth-order valence-corrected chi connectivity index (χ4v) is 2.69. The quantitative estimate of drug-likeness (QED) is 0.824. The highest BCUT2D eigenvalue weighted by Gasteiger charge is 2.26. The van der Waals surface area contributed by atoms with Crippen molar-refractivity contribution >= 4 is 33.4 Å². The van der Waals surface area contributed by atoms with Crippen molar-refractivity contribution in [2.75, 3.05) is 13.2 Å². The molecule has 1 rings (SSSR count). The maximum absolute atomic E-state index is 12.1. The Labute approximate surface area is 127 Å². The predicted molar refractivity (Wildman–Crippen MR) is 81.6 cm³/mol. The molecule has 0 radical (unpaired) electrons. The number of carbonyl (C=O) groups excluding carboxylic acids is 1. The normalized spacial score (nSPS) is 11.4. The van der Waals surface area contributed by atoms with Crippen molar-refractivity contribution in [3.8, 4) is 0 Å². The molecule has 1 aromatic rings. The van der Waals surface area contributed by atoms with Crippen LogP contribution in [0.5, 0.6) is 0 Å². The highest BCUT2D eigenvalue weighted by Crippen LogP contribution is 2.25. The molecule has 0 spiro atoms.